The summed E-state index contributed by atoms with van der Waals surface area (Å²) in [4.78, 5) is 15.9. The molecule has 1 aromatic heterocycles. The van der Waals surface area contributed by atoms with Crippen LogP contribution in [-0.2, 0) is 0 Å². The SMILES string of the molecule is O=C(Nc1ccccn1)c1cc(C#CCO)ccc1F. The zero-order valence-corrected chi connectivity index (χ0v) is 10.4. The molecule has 0 aliphatic carbocycles. The van der Waals surface area contributed by atoms with Gasteiger partial charge in [0.1, 0.15) is 18.2 Å². The summed E-state index contributed by atoms with van der Waals surface area (Å²) in [7, 11) is 0. The molecule has 2 N–H and O–H groups in total. The van der Waals surface area contributed by atoms with Gasteiger partial charge in [0, 0.05) is 11.8 Å². The summed E-state index contributed by atoms with van der Waals surface area (Å²) in [6.45, 7) is -0.299. The van der Waals surface area contributed by atoms with Crippen molar-refractivity contribution >= 4 is 11.7 Å². The average molecular weight is 270 g/mol. The first kappa shape index (κ1) is 13.7. The predicted molar refractivity (Wildman–Crippen MR) is 72.6 cm³/mol. The van der Waals surface area contributed by atoms with E-state index in [-0.39, 0.29) is 12.2 Å². The van der Waals surface area contributed by atoms with Crippen LogP contribution in [-0.4, -0.2) is 22.6 Å². The molecule has 0 aliphatic rings. The van der Waals surface area contributed by atoms with E-state index in [1.165, 1.54) is 18.3 Å². The molecule has 1 amide bonds. The van der Waals surface area contributed by atoms with Gasteiger partial charge in [-0.05, 0) is 30.3 Å². The Bertz CT molecular complexity index is 675. The van der Waals surface area contributed by atoms with Crippen molar-refractivity contribution in [2.75, 3.05) is 11.9 Å². The predicted octanol–water partition coefficient (Wildman–Crippen LogP) is 1.82. The molecule has 0 atom stereocenters. The maximum atomic E-state index is 13.7. The lowest BCUT2D eigenvalue weighted by atomic mass is 10.1. The van der Waals surface area contributed by atoms with Crippen LogP contribution in [0.15, 0.2) is 42.6 Å². The molecule has 2 aromatic rings. The quantitative estimate of drug-likeness (QED) is 0.818. The first-order valence-corrected chi connectivity index (χ1v) is 5.82. The lowest BCUT2D eigenvalue weighted by molar-refractivity contribution is 0.102. The third-order valence-corrected chi connectivity index (χ3v) is 2.43. The van der Waals surface area contributed by atoms with E-state index >= 15 is 0 Å². The van der Waals surface area contributed by atoms with Crippen molar-refractivity contribution < 1.29 is 14.3 Å². The molecule has 0 radical (unpaired) electrons. The average Bonchev–Trinajstić information content (AvgIpc) is 2.47. The highest BCUT2D eigenvalue weighted by Gasteiger charge is 2.12. The van der Waals surface area contributed by atoms with Crippen molar-refractivity contribution in [1.82, 2.24) is 4.98 Å². The van der Waals surface area contributed by atoms with Crippen molar-refractivity contribution in [3.8, 4) is 11.8 Å². The smallest absolute Gasteiger partial charge is 0.259 e. The second-order valence-corrected chi connectivity index (χ2v) is 3.82. The van der Waals surface area contributed by atoms with E-state index in [0.717, 1.165) is 6.07 Å². The summed E-state index contributed by atoms with van der Waals surface area (Å²) in [6, 6.07) is 8.95. The Kier molecular flexibility index (Phi) is 4.43. The lowest BCUT2D eigenvalue weighted by Crippen LogP contribution is -2.14. The molecule has 0 aliphatic heterocycles. The third kappa shape index (κ3) is 3.40. The second kappa shape index (κ2) is 6.45. The lowest BCUT2D eigenvalue weighted by Gasteiger charge is -2.05. The van der Waals surface area contributed by atoms with Crippen molar-refractivity contribution in [2.45, 2.75) is 0 Å². The standard InChI is InChI=1S/C15H11FN2O2/c16-13-7-6-11(4-3-9-19)10-12(13)15(20)18-14-5-1-2-8-17-14/h1-2,5-8,10,19H,9H2,(H,17,18,20). The number of anilines is 1. The molecule has 0 fully saturated rings. The Hall–Kier alpha value is -2.71. The number of nitrogens with zero attached hydrogens (tertiary/aromatic N) is 1. The maximum absolute atomic E-state index is 13.7. The molecule has 0 saturated carbocycles. The summed E-state index contributed by atoms with van der Waals surface area (Å²) in [5.41, 5.74) is 0.326. The zero-order valence-electron chi connectivity index (χ0n) is 10.4. The van der Waals surface area contributed by atoms with Crippen LogP contribution in [0.2, 0.25) is 0 Å². The van der Waals surface area contributed by atoms with E-state index in [9.17, 15) is 9.18 Å². The van der Waals surface area contributed by atoms with E-state index < -0.39 is 11.7 Å². The number of rotatable bonds is 2. The topological polar surface area (TPSA) is 62.2 Å². The van der Waals surface area contributed by atoms with E-state index in [0.29, 0.717) is 11.4 Å². The number of carbonyl (C=O) groups excluding carboxylic acids is 1. The molecule has 0 bridgehead atoms. The first-order valence-electron chi connectivity index (χ1n) is 5.82. The van der Waals surface area contributed by atoms with Crippen LogP contribution in [0.1, 0.15) is 15.9 Å². The Morgan fingerprint density at radius 1 is 1.35 bits per heavy atom. The van der Waals surface area contributed by atoms with Gasteiger partial charge in [0.05, 0.1) is 5.56 Å². The maximum Gasteiger partial charge on any atom is 0.259 e. The summed E-state index contributed by atoms with van der Waals surface area (Å²) < 4.78 is 13.7. The summed E-state index contributed by atoms with van der Waals surface area (Å²) in [5, 5.41) is 11.1. The molecule has 1 aromatic carbocycles. The second-order valence-electron chi connectivity index (χ2n) is 3.82. The van der Waals surface area contributed by atoms with Crippen molar-refractivity contribution in [2.24, 2.45) is 0 Å². The van der Waals surface area contributed by atoms with E-state index in [4.69, 9.17) is 5.11 Å². The number of nitrogens with one attached hydrogen (secondary N) is 1. The van der Waals surface area contributed by atoms with Crippen molar-refractivity contribution in [1.29, 1.82) is 0 Å². The van der Waals surface area contributed by atoms with Gasteiger partial charge in [-0.2, -0.15) is 0 Å². The monoisotopic (exact) mass is 270 g/mol. The third-order valence-electron chi connectivity index (χ3n) is 2.43. The molecule has 100 valence electrons. The van der Waals surface area contributed by atoms with Crippen LogP contribution in [0.4, 0.5) is 10.2 Å². The molecule has 2 rings (SSSR count). The fourth-order valence-corrected chi connectivity index (χ4v) is 1.54. The van der Waals surface area contributed by atoms with Crippen LogP contribution < -0.4 is 5.32 Å². The fourth-order valence-electron chi connectivity index (χ4n) is 1.54. The molecule has 20 heavy (non-hydrogen) atoms. The zero-order chi connectivity index (χ0) is 14.4. The molecule has 0 saturated heterocycles. The molecular formula is C15H11FN2O2. The normalized spacial score (nSPS) is 9.50. The van der Waals surface area contributed by atoms with Gasteiger partial charge in [0.15, 0.2) is 0 Å². The minimum Gasteiger partial charge on any atom is -0.384 e. The van der Waals surface area contributed by atoms with Gasteiger partial charge in [-0.25, -0.2) is 9.37 Å². The van der Waals surface area contributed by atoms with Gasteiger partial charge < -0.3 is 10.4 Å². The number of hydrogen-bond acceptors (Lipinski definition) is 3. The van der Waals surface area contributed by atoms with Crippen LogP contribution in [0.3, 0.4) is 0 Å². The molecule has 0 unspecified atom stereocenters. The van der Waals surface area contributed by atoms with Gasteiger partial charge in [-0.15, -0.1) is 0 Å². The minimum atomic E-state index is -0.645. The van der Waals surface area contributed by atoms with E-state index in [2.05, 4.69) is 22.1 Å². The van der Waals surface area contributed by atoms with Gasteiger partial charge in [-0.3, -0.25) is 4.79 Å². The number of amides is 1. The molecule has 5 heteroatoms. The Labute approximate surface area is 115 Å². The van der Waals surface area contributed by atoms with Gasteiger partial charge in [-0.1, -0.05) is 17.9 Å². The van der Waals surface area contributed by atoms with Gasteiger partial charge >= 0.3 is 0 Å². The van der Waals surface area contributed by atoms with Crippen LogP contribution in [0.25, 0.3) is 0 Å². The number of aromatic nitrogens is 1. The van der Waals surface area contributed by atoms with Crippen LogP contribution >= 0.6 is 0 Å². The molecule has 4 nitrogen and oxygen atoms in total. The van der Waals surface area contributed by atoms with Crippen molar-refractivity contribution in [3.05, 3.63) is 59.5 Å². The molecular weight excluding hydrogens is 259 g/mol. The number of carbonyl (C=O) groups is 1. The summed E-state index contributed by atoms with van der Waals surface area (Å²) in [6.07, 6.45) is 1.52. The number of aliphatic hydroxyl groups excluding tert-OH is 1. The fraction of sp³-hybridized carbons (Fsp3) is 0.0667. The Balaban J connectivity index is 2.25. The Morgan fingerprint density at radius 3 is 2.90 bits per heavy atom. The van der Waals surface area contributed by atoms with E-state index in [1.807, 2.05) is 0 Å². The van der Waals surface area contributed by atoms with Gasteiger partial charge in [0.2, 0.25) is 0 Å². The highest BCUT2D eigenvalue weighted by atomic mass is 19.1. The van der Waals surface area contributed by atoms with E-state index in [1.54, 1.807) is 18.2 Å². The largest absolute Gasteiger partial charge is 0.384 e. The van der Waals surface area contributed by atoms with Crippen molar-refractivity contribution in [3.63, 3.8) is 0 Å². The summed E-state index contributed by atoms with van der Waals surface area (Å²) >= 11 is 0. The summed E-state index contributed by atoms with van der Waals surface area (Å²) in [5.74, 6) is 4.15. The number of pyridine rings is 1. The highest BCUT2D eigenvalue weighted by molar-refractivity contribution is 6.04. The number of benzene rings is 1. The minimum absolute atomic E-state index is 0.125. The van der Waals surface area contributed by atoms with Gasteiger partial charge in [0.25, 0.3) is 5.91 Å². The number of halogens is 1. The Morgan fingerprint density at radius 2 is 2.20 bits per heavy atom. The highest BCUT2D eigenvalue weighted by Crippen LogP contribution is 2.12. The number of aliphatic hydroxyl groups is 1. The molecule has 0 spiro atoms. The van der Waals surface area contributed by atoms with Crippen LogP contribution in [0.5, 0.6) is 0 Å². The molecule has 1 heterocycles. The first-order chi connectivity index (χ1) is 9.70. The number of hydrogen-bond donors (Lipinski definition) is 2. The van der Waals surface area contributed by atoms with Crippen LogP contribution in [0, 0.1) is 17.7 Å².